The molecule has 0 radical (unpaired) electrons. The Bertz CT molecular complexity index is 1320. The van der Waals surface area contributed by atoms with Gasteiger partial charge in [-0.15, -0.1) is 0 Å². The number of benzene rings is 1. The van der Waals surface area contributed by atoms with Crippen molar-refractivity contribution in [3.05, 3.63) is 60.2 Å². The van der Waals surface area contributed by atoms with Gasteiger partial charge in [-0.25, -0.2) is 14.8 Å². The molecule has 4 heterocycles. The number of cyclic esters (lactones) is 1. The van der Waals surface area contributed by atoms with Gasteiger partial charge in [-0.1, -0.05) is 24.3 Å². The van der Waals surface area contributed by atoms with Crippen LogP contribution in [0.4, 0.5) is 16.4 Å². The summed E-state index contributed by atoms with van der Waals surface area (Å²) in [5.74, 6) is 1.46. The van der Waals surface area contributed by atoms with Crippen molar-refractivity contribution in [3.8, 4) is 22.9 Å². The fraction of sp³-hybridized carbons (Fsp3) is 0.333. The normalized spacial score (nSPS) is 17.3. The molecule has 2 aliphatic heterocycles. The molecule has 1 saturated heterocycles. The van der Waals surface area contributed by atoms with Gasteiger partial charge in [-0.05, 0) is 49.7 Å². The van der Waals surface area contributed by atoms with Crippen LogP contribution in [0.2, 0.25) is 0 Å². The van der Waals surface area contributed by atoms with Gasteiger partial charge in [-0.2, -0.15) is 0 Å². The van der Waals surface area contributed by atoms with Gasteiger partial charge in [0.05, 0.1) is 12.2 Å². The third kappa shape index (κ3) is 6.18. The van der Waals surface area contributed by atoms with E-state index in [4.69, 9.17) is 19.9 Å². The summed E-state index contributed by atoms with van der Waals surface area (Å²) >= 11 is 0. The number of nitrogens with zero attached hydrogens (tertiary/aromatic N) is 3. The summed E-state index contributed by atoms with van der Waals surface area (Å²) in [5.41, 5.74) is 8.70. The maximum Gasteiger partial charge on any atom is 0.415 e. The highest BCUT2D eigenvalue weighted by molar-refractivity contribution is 5.95. The molecule has 3 aromatic rings. The topological polar surface area (TPSA) is 141 Å². The van der Waals surface area contributed by atoms with Crippen LogP contribution in [0.1, 0.15) is 18.9 Å². The van der Waals surface area contributed by atoms with Crippen LogP contribution >= 0.6 is 0 Å². The first-order chi connectivity index (χ1) is 18.4. The molecule has 5 rings (SSSR count). The summed E-state index contributed by atoms with van der Waals surface area (Å²) in [6, 6.07) is 17.1. The Labute approximate surface area is 220 Å². The van der Waals surface area contributed by atoms with E-state index in [2.05, 4.69) is 32.7 Å². The van der Waals surface area contributed by atoms with Crippen LogP contribution in [0.3, 0.4) is 0 Å². The molecule has 1 fully saturated rings. The molecule has 198 valence electrons. The van der Waals surface area contributed by atoms with Gasteiger partial charge < -0.3 is 30.6 Å². The van der Waals surface area contributed by atoms with E-state index in [0.29, 0.717) is 55.9 Å². The average molecular weight is 519 g/mol. The Balaban J connectivity index is 1.12. The Morgan fingerprint density at radius 1 is 1.18 bits per heavy atom. The summed E-state index contributed by atoms with van der Waals surface area (Å²) in [4.78, 5) is 34.4. The molecule has 1 aromatic carbocycles. The molecule has 11 nitrogen and oxygen atoms in total. The van der Waals surface area contributed by atoms with Crippen LogP contribution in [0, 0.1) is 0 Å². The molecule has 2 aromatic heterocycles. The van der Waals surface area contributed by atoms with Crippen LogP contribution in [0.25, 0.3) is 11.3 Å². The molecular formula is C27H30N6O5. The van der Waals surface area contributed by atoms with Crippen LogP contribution in [-0.2, 0) is 16.1 Å². The fourth-order valence-corrected chi connectivity index (χ4v) is 4.17. The highest BCUT2D eigenvalue weighted by Crippen LogP contribution is 2.30. The first-order valence-electron chi connectivity index (χ1n) is 12.5. The molecule has 2 atom stereocenters. The number of nitrogens with one attached hydrogen (secondary N) is 2. The zero-order valence-corrected chi connectivity index (χ0v) is 21.1. The second-order valence-electron chi connectivity index (χ2n) is 9.28. The van der Waals surface area contributed by atoms with Crippen LogP contribution in [0.15, 0.2) is 54.6 Å². The van der Waals surface area contributed by atoms with E-state index in [9.17, 15) is 9.59 Å². The van der Waals surface area contributed by atoms with Crippen molar-refractivity contribution in [1.82, 2.24) is 15.3 Å². The van der Waals surface area contributed by atoms with E-state index >= 15 is 0 Å². The maximum atomic E-state index is 12.4. The number of anilines is 2. The zero-order valence-electron chi connectivity index (χ0n) is 21.1. The Morgan fingerprint density at radius 3 is 2.92 bits per heavy atom. The van der Waals surface area contributed by atoms with E-state index in [1.807, 2.05) is 37.3 Å². The highest BCUT2D eigenvalue weighted by atomic mass is 16.6. The number of rotatable bonds is 10. The molecule has 11 heteroatoms. The van der Waals surface area contributed by atoms with Crippen molar-refractivity contribution in [3.63, 3.8) is 0 Å². The standard InChI is InChI=1S/C27H30N6O5/c1-17(28)15-37-25-7-3-6-21(30-25)19-5-2-4-18(12-19)13-29-11-10-20-14-33(27(35)38-20)23-9-8-22-26(31-23)32-24(34)16-36-22/h2-9,12,17,20,29H,10-11,13-16,28H2,1H3,(H,31,32,34)/t17-,20?/m1/s1. The van der Waals surface area contributed by atoms with Gasteiger partial charge in [0.25, 0.3) is 5.91 Å². The number of carbonyl (C=O) groups is 2. The lowest BCUT2D eigenvalue weighted by Gasteiger charge is -2.19. The monoisotopic (exact) mass is 518 g/mol. The van der Waals surface area contributed by atoms with Crippen molar-refractivity contribution in [1.29, 1.82) is 0 Å². The summed E-state index contributed by atoms with van der Waals surface area (Å²) in [6.45, 7) is 3.94. The van der Waals surface area contributed by atoms with Crippen LogP contribution < -0.4 is 30.7 Å². The second-order valence-corrected chi connectivity index (χ2v) is 9.28. The Hall–Kier alpha value is -4.22. The molecule has 38 heavy (non-hydrogen) atoms. The number of aromatic nitrogens is 2. The predicted molar refractivity (Wildman–Crippen MR) is 141 cm³/mol. The zero-order chi connectivity index (χ0) is 26.5. The molecule has 0 saturated carbocycles. The van der Waals surface area contributed by atoms with Crippen molar-refractivity contribution in [2.45, 2.75) is 32.0 Å². The van der Waals surface area contributed by atoms with Crippen LogP contribution in [0.5, 0.6) is 11.6 Å². The number of fused-ring (bicyclic) bond motifs is 1. The van der Waals surface area contributed by atoms with E-state index in [1.54, 1.807) is 12.1 Å². The average Bonchev–Trinajstić information content (AvgIpc) is 3.30. The molecular weight excluding hydrogens is 488 g/mol. The lowest BCUT2D eigenvalue weighted by molar-refractivity contribution is -0.118. The number of amides is 2. The number of pyridine rings is 2. The van der Waals surface area contributed by atoms with Gasteiger partial charge in [0, 0.05) is 24.2 Å². The van der Waals surface area contributed by atoms with E-state index in [-0.39, 0.29) is 24.7 Å². The summed E-state index contributed by atoms with van der Waals surface area (Å²) in [7, 11) is 0. The van der Waals surface area contributed by atoms with Gasteiger partial charge in [-0.3, -0.25) is 9.69 Å². The Kier molecular flexibility index (Phi) is 7.66. The van der Waals surface area contributed by atoms with E-state index in [1.165, 1.54) is 4.90 Å². The Morgan fingerprint density at radius 2 is 2.05 bits per heavy atom. The summed E-state index contributed by atoms with van der Waals surface area (Å²) < 4.78 is 16.5. The lowest BCUT2D eigenvalue weighted by atomic mass is 10.1. The lowest BCUT2D eigenvalue weighted by Crippen LogP contribution is -2.29. The van der Waals surface area contributed by atoms with Crippen LogP contribution in [-0.4, -0.2) is 60.4 Å². The number of carbonyl (C=O) groups excluding carboxylic acids is 2. The third-order valence-electron chi connectivity index (χ3n) is 6.02. The van der Waals surface area contributed by atoms with Crippen molar-refractivity contribution < 1.29 is 23.8 Å². The minimum Gasteiger partial charge on any atom is -0.480 e. The second kappa shape index (κ2) is 11.4. The summed E-state index contributed by atoms with van der Waals surface area (Å²) in [5, 5.41) is 6.07. The number of hydrogen-bond acceptors (Lipinski definition) is 9. The van der Waals surface area contributed by atoms with Gasteiger partial charge >= 0.3 is 6.09 Å². The highest BCUT2D eigenvalue weighted by Gasteiger charge is 2.33. The van der Waals surface area contributed by atoms with Gasteiger partial charge in [0.1, 0.15) is 18.5 Å². The molecule has 2 amide bonds. The maximum absolute atomic E-state index is 12.4. The first kappa shape index (κ1) is 25.4. The molecule has 4 N–H and O–H groups in total. The minimum absolute atomic E-state index is 0.0488. The van der Waals surface area contributed by atoms with Crippen molar-refractivity contribution in [2.24, 2.45) is 5.73 Å². The first-order valence-corrected chi connectivity index (χ1v) is 12.5. The fourth-order valence-electron chi connectivity index (χ4n) is 4.17. The van der Waals surface area contributed by atoms with E-state index < -0.39 is 6.09 Å². The van der Waals surface area contributed by atoms with Crippen molar-refractivity contribution >= 4 is 23.6 Å². The molecule has 1 unspecified atom stereocenters. The minimum atomic E-state index is -0.460. The molecule has 0 bridgehead atoms. The number of ether oxygens (including phenoxy) is 3. The van der Waals surface area contributed by atoms with Gasteiger partial charge in [0.15, 0.2) is 18.2 Å². The van der Waals surface area contributed by atoms with Crippen molar-refractivity contribution in [2.75, 3.05) is 36.5 Å². The quantitative estimate of drug-likeness (QED) is 0.346. The largest absolute Gasteiger partial charge is 0.480 e. The SMILES string of the molecule is C[C@@H](N)COc1cccc(-c2cccc(CNCCC3CN(c4ccc5c(n4)NC(=O)CO5)C(=O)O3)c2)n1. The molecule has 0 aliphatic carbocycles. The molecule has 2 aliphatic rings. The summed E-state index contributed by atoms with van der Waals surface area (Å²) in [6.07, 6.45) is -0.0845. The smallest absolute Gasteiger partial charge is 0.415 e. The predicted octanol–water partition coefficient (Wildman–Crippen LogP) is 2.71. The van der Waals surface area contributed by atoms with Gasteiger partial charge in [0.2, 0.25) is 5.88 Å². The van der Waals surface area contributed by atoms with E-state index in [0.717, 1.165) is 16.8 Å². The third-order valence-corrected chi connectivity index (χ3v) is 6.02. The molecule has 0 spiro atoms. The number of nitrogens with two attached hydrogens (primary N) is 1. The number of hydrogen-bond donors (Lipinski definition) is 3.